The fourth-order valence-electron chi connectivity index (χ4n) is 2.44. The normalized spacial score (nSPS) is 18.8. The summed E-state index contributed by atoms with van der Waals surface area (Å²) in [6.07, 6.45) is 1.71. The molecule has 2 heterocycles. The van der Waals surface area contributed by atoms with Crippen LogP contribution < -0.4 is 4.90 Å². The Hall–Kier alpha value is -1.95. The molecule has 0 spiro atoms. The highest BCUT2D eigenvalue weighted by atomic mass is 79.9. The first-order valence-corrected chi connectivity index (χ1v) is 6.93. The van der Waals surface area contributed by atoms with E-state index in [1.165, 1.54) is 4.90 Å². The van der Waals surface area contributed by atoms with Crippen LogP contribution in [0.15, 0.2) is 34.9 Å². The number of fused-ring (bicyclic) bond motifs is 1. The fourth-order valence-corrected chi connectivity index (χ4v) is 2.79. The second-order valence-electron chi connectivity index (χ2n) is 4.75. The molecule has 1 aromatic carbocycles. The number of carboxylic acids is 1. The summed E-state index contributed by atoms with van der Waals surface area (Å²) < 4.78 is 0.860. The van der Waals surface area contributed by atoms with E-state index in [0.29, 0.717) is 11.2 Å². The van der Waals surface area contributed by atoms with Gasteiger partial charge in [0.25, 0.3) is 0 Å². The van der Waals surface area contributed by atoms with Gasteiger partial charge in [0.2, 0.25) is 5.91 Å². The van der Waals surface area contributed by atoms with Crippen molar-refractivity contribution >= 4 is 44.4 Å². The molecule has 6 heteroatoms. The predicted molar refractivity (Wildman–Crippen MR) is 77.5 cm³/mol. The highest BCUT2D eigenvalue weighted by Crippen LogP contribution is 2.31. The smallest absolute Gasteiger partial charge is 0.308 e. The van der Waals surface area contributed by atoms with Gasteiger partial charge in [0.1, 0.15) is 0 Å². The zero-order valence-electron chi connectivity index (χ0n) is 10.4. The van der Waals surface area contributed by atoms with E-state index in [9.17, 15) is 9.59 Å². The number of aliphatic carboxylic acids is 1. The van der Waals surface area contributed by atoms with Crippen LogP contribution in [0, 0.1) is 5.92 Å². The number of aromatic nitrogens is 1. The fraction of sp³-hybridized carbons (Fsp3) is 0.214. The van der Waals surface area contributed by atoms with Crippen LogP contribution in [0.25, 0.3) is 10.9 Å². The minimum atomic E-state index is -0.934. The third kappa shape index (κ3) is 2.16. The highest BCUT2D eigenvalue weighted by Gasteiger charge is 2.35. The molecule has 5 nitrogen and oxygen atoms in total. The zero-order chi connectivity index (χ0) is 14.3. The molecule has 1 aliphatic heterocycles. The molecule has 1 unspecified atom stereocenters. The van der Waals surface area contributed by atoms with E-state index in [4.69, 9.17) is 5.11 Å². The minimum absolute atomic E-state index is 0.0439. The maximum Gasteiger partial charge on any atom is 0.308 e. The lowest BCUT2D eigenvalue weighted by atomic mass is 10.1. The van der Waals surface area contributed by atoms with Crippen LogP contribution in [0.3, 0.4) is 0 Å². The van der Waals surface area contributed by atoms with Gasteiger partial charge in [-0.2, -0.15) is 0 Å². The third-order valence-corrected chi connectivity index (χ3v) is 3.86. The van der Waals surface area contributed by atoms with Crippen molar-refractivity contribution in [1.29, 1.82) is 0 Å². The van der Waals surface area contributed by atoms with Gasteiger partial charge in [-0.15, -0.1) is 0 Å². The van der Waals surface area contributed by atoms with Crippen molar-refractivity contribution in [1.82, 2.24) is 4.98 Å². The summed E-state index contributed by atoms with van der Waals surface area (Å²) in [4.78, 5) is 28.9. The van der Waals surface area contributed by atoms with Gasteiger partial charge in [0, 0.05) is 29.0 Å². The molecule has 0 bridgehead atoms. The van der Waals surface area contributed by atoms with Gasteiger partial charge >= 0.3 is 5.97 Å². The van der Waals surface area contributed by atoms with Crippen molar-refractivity contribution in [3.8, 4) is 0 Å². The number of carbonyl (C=O) groups is 2. The Balaban J connectivity index is 2.07. The van der Waals surface area contributed by atoms with Crippen molar-refractivity contribution in [2.75, 3.05) is 11.4 Å². The minimum Gasteiger partial charge on any atom is -0.481 e. The summed E-state index contributed by atoms with van der Waals surface area (Å²) >= 11 is 3.36. The monoisotopic (exact) mass is 334 g/mol. The number of halogens is 1. The lowest BCUT2D eigenvalue weighted by Gasteiger charge is -2.17. The Morgan fingerprint density at radius 3 is 2.95 bits per heavy atom. The van der Waals surface area contributed by atoms with Crippen molar-refractivity contribution < 1.29 is 14.7 Å². The van der Waals surface area contributed by atoms with Gasteiger partial charge < -0.3 is 10.0 Å². The summed E-state index contributed by atoms with van der Waals surface area (Å²) in [5, 5.41) is 9.95. The van der Waals surface area contributed by atoms with E-state index in [-0.39, 0.29) is 18.9 Å². The van der Waals surface area contributed by atoms with E-state index in [1.807, 2.05) is 18.2 Å². The second-order valence-corrected chi connectivity index (χ2v) is 5.66. The van der Waals surface area contributed by atoms with Crippen LogP contribution in [-0.4, -0.2) is 28.5 Å². The molecule has 0 aliphatic carbocycles. The van der Waals surface area contributed by atoms with E-state index < -0.39 is 11.9 Å². The Morgan fingerprint density at radius 2 is 2.25 bits per heavy atom. The van der Waals surface area contributed by atoms with E-state index >= 15 is 0 Å². The average Bonchev–Trinajstić information content (AvgIpc) is 2.80. The number of hydrogen-bond donors (Lipinski definition) is 1. The van der Waals surface area contributed by atoms with E-state index in [0.717, 1.165) is 9.86 Å². The van der Waals surface area contributed by atoms with Crippen LogP contribution in [-0.2, 0) is 9.59 Å². The Labute approximate surface area is 123 Å². The van der Waals surface area contributed by atoms with Gasteiger partial charge in [0.15, 0.2) is 0 Å². The molecule has 1 amide bonds. The number of carboxylic acid groups (broad SMARTS) is 1. The summed E-state index contributed by atoms with van der Waals surface area (Å²) in [6, 6.07) is 7.46. The summed E-state index contributed by atoms with van der Waals surface area (Å²) in [7, 11) is 0. The molecule has 102 valence electrons. The van der Waals surface area contributed by atoms with Gasteiger partial charge in [0.05, 0.1) is 17.1 Å². The number of amides is 1. The molecule has 3 rings (SSSR count). The first kappa shape index (κ1) is 13.1. The maximum absolute atomic E-state index is 12.0. The Kier molecular flexibility index (Phi) is 3.17. The lowest BCUT2D eigenvalue weighted by Crippen LogP contribution is -2.26. The lowest BCUT2D eigenvalue weighted by molar-refractivity contribution is -0.141. The van der Waals surface area contributed by atoms with E-state index in [1.54, 1.807) is 12.3 Å². The van der Waals surface area contributed by atoms with Crippen LogP contribution in [0.1, 0.15) is 6.42 Å². The van der Waals surface area contributed by atoms with Crippen molar-refractivity contribution in [3.63, 3.8) is 0 Å². The van der Waals surface area contributed by atoms with Gasteiger partial charge in [-0.05, 0) is 28.1 Å². The average molecular weight is 335 g/mol. The van der Waals surface area contributed by atoms with Crippen LogP contribution in [0.4, 0.5) is 5.69 Å². The molecule has 1 fully saturated rings. The number of pyridine rings is 1. The van der Waals surface area contributed by atoms with Crippen molar-refractivity contribution in [3.05, 3.63) is 34.9 Å². The number of rotatable bonds is 2. The Bertz CT molecular complexity index is 717. The van der Waals surface area contributed by atoms with Gasteiger partial charge in [-0.3, -0.25) is 14.6 Å². The quantitative estimate of drug-likeness (QED) is 0.915. The number of carbonyl (C=O) groups excluding carboxylic acids is 1. The van der Waals surface area contributed by atoms with Crippen molar-refractivity contribution in [2.45, 2.75) is 6.42 Å². The molecule has 0 saturated carbocycles. The molecular weight excluding hydrogens is 324 g/mol. The molecule has 1 N–H and O–H groups in total. The van der Waals surface area contributed by atoms with Crippen LogP contribution in [0.2, 0.25) is 0 Å². The summed E-state index contributed by atoms with van der Waals surface area (Å²) in [5.41, 5.74) is 1.37. The largest absolute Gasteiger partial charge is 0.481 e. The van der Waals surface area contributed by atoms with Crippen LogP contribution >= 0.6 is 15.9 Å². The second kappa shape index (κ2) is 4.86. The first-order valence-electron chi connectivity index (χ1n) is 6.13. The Morgan fingerprint density at radius 1 is 1.45 bits per heavy atom. The highest BCUT2D eigenvalue weighted by molar-refractivity contribution is 9.10. The summed E-state index contributed by atoms with van der Waals surface area (Å²) in [5.74, 6) is -1.75. The predicted octanol–water partition coefficient (Wildman–Crippen LogP) is 2.43. The molecule has 0 radical (unpaired) electrons. The topological polar surface area (TPSA) is 70.5 Å². The van der Waals surface area contributed by atoms with E-state index in [2.05, 4.69) is 20.9 Å². The molecule has 1 saturated heterocycles. The standard InChI is InChI=1S/C14H11BrN2O3/c15-10-4-8-2-1-3-11(13(8)16-6-10)17-7-9(14(19)20)5-12(17)18/h1-4,6,9H,5,7H2,(H,19,20). The first-order chi connectivity index (χ1) is 9.56. The van der Waals surface area contributed by atoms with Gasteiger partial charge in [-0.1, -0.05) is 12.1 Å². The molecule has 1 atom stereocenters. The SMILES string of the molecule is O=C(O)C1CC(=O)N(c2cccc3cc(Br)cnc23)C1. The number of nitrogens with zero attached hydrogens (tertiary/aromatic N) is 2. The van der Waals surface area contributed by atoms with Crippen LogP contribution in [0.5, 0.6) is 0 Å². The molecule has 20 heavy (non-hydrogen) atoms. The number of hydrogen-bond acceptors (Lipinski definition) is 3. The number of anilines is 1. The number of benzene rings is 1. The maximum atomic E-state index is 12.0. The zero-order valence-corrected chi connectivity index (χ0v) is 12.0. The summed E-state index contributed by atoms with van der Waals surface area (Å²) in [6.45, 7) is 0.199. The molecule has 1 aliphatic rings. The van der Waals surface area contributed by atoms with Gasteiger partial charge in [-0.25, -0.2) is 0 Å². The third-order valence-electron chi connectivity index (χ3n) is 3.42. The van der Waals surface area contributed by atoms with Crippen molar-refractivity contribution in [2.24, 2.45) is 5.92 Å². The molecule has 2 aromatic rings. The number of para-hydroxylation sites is 1. The molecule has 1 aromatic heterocycles. The molecular formula is C14H11BrN2O3.